The Labute approximate surface area is 101 Å². The van der Waals surface area contributed by atoms with Gasteiger partial charge in [0.1, 0.15) is 0 Å². The number of carbonyl (C=O) groups is 1. The van der Waals surface area contributed by atoms with Gasteiger partial charge in [0.2, 0.25) is 0 Å². The Kier molecular flexibility index (Phi) is 5.07. The van der Waals surface area contributed by atoms with Crippen LogP contribution in [-0.4, -0.2) is 26.2 Å². The molecule has 4 nitrogen and oxygen atoms in total. The molecule has 1 aromatic rings. The number of carbonyl (C=O) groups excluding carboxylic acids is 1. The van der Waals surface area contributed by atoms with Crippen molar-refractivity contribution in [2.24, 2.45) is 0 Å². The molecule has 1 rings (SSSR count). The average Bonchev–Trinajstić information content (AvgIpc) is 2.36. The molecule has 17 heavy (non-hydrogen) atoms. The molecule has 0 bridgehead atoms. The summed E-state index contributed by atoms with van der Waals surface area (Å²) in [6.07, 6.45) is 1.63. The van der Waals surface area contributed by atoms with E-state index in [2.05, 4.69) is 11.9 Å². The monoisotopic (exact) mass is 235 g/mol. The first kappa shape index (κ1) is 13.1. The van der Waals surface area contributed by atoms with Gasteiger partial charge >= 0.3 is 0 Å². The summed E-state index contributed by atoms with van der Waals surface area (Å²) in [5.74, 6) is 1.03. The van der Waals surface area contributed by atoms with Crippen LogP contribution in [0.4, 0.5) is 0 Å². The molecule has 0 aliphatic carbocycles. The molecule has 1 N–H and O–H groups in total. The van der Waals surface area contributed by atoms with Crippen LogP contribution in [0, 0.1) is 0 Å². The summed E-state index contributed by atoms with van der Waals surface area (Å²) in [6.45, 7) is 6.38. The third-order valence-corrected chi connectivity index (χ3v) is 2.13. The fourth-order valence-electron chi connectivity index (χ4n) is 1.35. The van der Waals surface area contributed by atoms with Crippen LogP contribution in [0.5, 0.6) is 11.5 Å². The minimum Gasteiger partial charge on any atom is -0.493 e. The zero-order valence-corrected chi connectivity index (χ0v) is 10.2. The second kappa shape index (κ2) is 6.58. The van der Waals surface area contributed by atoms with Crippen LogP contribution in [0.25, 0.3) is 0 Å². The molecule has 0 atom stereocenters. The van der Waals surface area contributed by atoms with Gasteiger partial charge in [-0.05, 0) is 25.1 Å². The topological polar surface area (TPSA) is 47.6 Å². The van der Waals surface area contributed by atoms with E-state index in [4.69, 9.17) is 9.47 Å². The lowest BCUT2D eigenvalue weighted by Gasteiger charge is -2.10. The van der Waals surface area contributed by atoms with Gasteiger partial charge in [-0.3, -0.25) is 4.79 Å². The maximum atomic E-state index is 11.7. The van der Waals surface area contributed by atoms with Crippen molar-refractivity contribution in [1.82, 2.24) is 5.32 Å². The molecule has 0 aliphatic heterocycles. The van der Waals surface area contributed by atoms with Gasteiger partial charge in [-0.25, -0.2) is 0 Å². The Balaban J connectivity index is 2.90. The molecule has 0 unspecified atom stereocenters. The van der Waals surface area contributed by atoms with Crippen LogP contribution in [0.1, 0.15) is 17.3 Å². The average molecular weight is 235 g/mol. The zero-order chi connectivity index (χ0) is 12.7. The van der Waals surface area contributed by atoms with Crippen molar-refractivity contribution in [2.75, 3.05) is 20.3 Å². The second-order valence-electron chi connectivity index (χ2n) is 3.30. The van der Waals surface area contributed by atoms with Gasteiger partial charge in [0.15, 0.2) is 11.5 Å². The van der Waals surface area contributed by atoms with Crippen LogP contribution in [0.15, 0.2) is 30.9 Å². The number of nitrogens with one attached hydrogen (secondary N) is 1. The molecule has 1 aromatic carbocycles. The van der Waals surface area contributed by atoms with E-state index >= 15 is 0 Å². The first-order valence-corrected chi connectivity index (χ1v) is 5.42. The highest BCUT2D eigenvalue weighted by molar-refractivity contribution is 5.94. The molecule has 0 radical (unpaired) electrons. The number of methoxy groups -OCH3 is 1. The summed E-state index contributed by atoms with van der Waals surface area (Å²) in [4.78, 5) is 11.7. The minimum atomic E-state index is -0.159. The van der Waals surface area contributed by atoms with E-state index in [0.29, 0.717) is 30.2 Å². The van der Waals surface area contributed by atoms with E-state index in [1.165, 1.54) is 0 Å². The molecule has 92 valence electrons. The van der Waals surface area contributed by atoms with Gasteiger partial charge in [0, 0.05) is 12.1 Å². The normalized spacial score (nSPS) is 9.53. The van der Waals surface area contributed by atoms with Gasteiger partial charge in [-0.2, -0.15) is 0 Å². The zero-order valence-electron chi connectivity index (χ0n) is 10.2. The summed E-state index contributed by atoms with van der Waals surface area (Å²) in [7, 11) is 1.56. The van der Waals surface area contributed by atoms with Crippen LogP contribution < -0.4 is 14.8 Å². The van der Waals surface area contributed by atoms with E-state index in [1.807, 2.05) is 6.92 Å². The lowest BCUT2D eigenvalue weighted by molar-refractivity contribution is 0.0957. The predicted octanol–water partition coefficient (Wildman–Crippen LogP) is 2.01. The number of ether oxygens (including phenoxy) is 2. The van der Waals surface area contributed by atoms with E-state index in [-0.39, 0.29) is 5.91 Å². The van der Waals surface area contributed by atoms with Crippen LogP contribution in [0.2, 0.25) is 0 Å². The van der Waals surface area contributed by atoms with E-state index in [1.54, 1.807) is 31.4 Å². The quantitative estimate of drug-likeness (QED) is 0.767. The number of hydrogen-bond donors (Lipinski definition) is 1. The second-order valence-corrected chi connectivity index (χ2v) is 3.30. The molecule has 0 saturated carbocycles. The van der Waals surface area contributed by atoms with Gasteiger partial charge in [-0.15, -0.1) is 6.58 Å². The molecule has 0 aliphatic rings. The SMILES string of the molecule is C=CCNC(=O)c1ccc(OC)c(OCC)c1. The van der Waals surface area contributed by atoms with Crippen molar-refractivity contribution in [3.8, 4) is 11.5 Å². The summed E-state index contributed by atoms with van der Waals surface area (Å²) in [5.41, 5.74) is 0.538. The van der Waals surface area contributed by atoms with Crippen molar-refractivity contribution >= 4 is 5.91 Å². The van der Waals surface area contributed by atoms with E-state index in [0.717, 1.165) is 0 Å². The highest BCUT2D eigenvalue weighted by Crippen LogP contribution is 2.27. The largest absolute Gasteiger partial charge is 0.493 e. The van der Waals surface area contributed by atoms with Gasteiger partial charge < -0.3 is 14.8 Å². The fraction of sp³-hybridized carbons (Fsp3) is 0.308. The maximum absolute atomic E-state index is 11.7. The minimum absolute atomic E-state index is 0.159. The maximum Gasteiger partial charge on any atom is 0.251 e. The first-order valence-electron chi connectivity index (χ1n) is 5.42. The van der Waals surface area contributed by atoms with Crippen molar-refractivity contribution < 1.29 is 14.3 Å². The van der Waals surface area contributed by atoms with Crippen LogP contribution >= 0.6 is 0 Å². The fourth-order valence-corrected chi connectivity index (χ4v) is 1.35. The van der Waals surface area contributed by atoms with Crippen LogP contribution in [0.3, 0.4) is 0 Å². The molecular formula is C13H17NO3. The molecular weight excluding hydrogens is 218 g/mol. The summed E-state index contributed by atoms with van der Waals surface area (Å²) in [6, 6.07) is 5.08. The molecule has 0 fully saturated rings. The van der Waals surface area contributed by atoms with E-state index < -0.39 is 0 Å². The molecule has 0 aromatic heterocycles. The van der Waals surface area contributed by atoms with E-state index in [9.17, 15) is 4.79 Å². The number of rotatable bonds is 6. The third-order valence-electron chi connectivity index (χ3n) is 2.13. The Morgan fingerprint density at radius 2 is 2.24 bits per heavy atom. The number of hydrogen-bond acceptors (Lipinski definition) is 3. The third kappa shape index (κ3) is 3.52. The van der Waals surface area contributed by atoms with Crippen molar-refractivity contribution in [3.05, 3.63) is 36.4 Å². The lowest BCUT2D eigenvalue weighted by Crippen LogP contribution is -2.23. The lowest BCUT2D eigenvalue weighted by atomic mass is 10.2. The summed E-state index contributed by atoms with van der Waals surface area (Å²) < 4.78 is 10.5. The Morgan fingerprint density at radius 1 is 1.47 bits per heavy atom. The molecule has 0 spiro atoms. The smallest absolute Gasteiger partial charge is 0.251 e. The first-order chi connectivity index (χ1) is 8.22. The Morgan fingerprint density at radius 3 is 2.82 bits per heavy atom. The number of amides is 1. The standard InChI is InChI=1S/C13H17NO3/c1-4-8-14-13(15)10-6-7-11(16-3)12(9-10)17-5-2/h4,6-7,9H,1,5,8H2,2-3H3,(H,14,15). The van der Waals surface area contributed by atoms with Gasteiger partial charge in [0.25, 0.3) is 5.91 Å². The molecule has 1 amide bonds. The van der Waals surface area contributed by atoms with Crippen LogP contribution in [-0.2, 0) is 0 Å². The molecule has 4 heteroatoms. The van der Waals surface area contributed by atoms with Crippen molar-refractivity contribution in [2.45, 2.75) is 6.92 Å². The molecule has 0 saturated heterocycles. The van der Waals surface area contributed by atoms with Crippen molar-refractivity contribution in [3.63, 3.8) is 0 Å². The highest BCUT2D eigenvalue weighted by atomic mass is 16.5. The highest BCUT2D eigenvalue weighted by Gasteiger charge is 2.10. The summed E-state index contributed by atoms with van der Waals surface area (Å²) in [5, 5.41) is 2.70. The number of benzene rings is 1. The molecule has 0 heterocycles. The van der Waals surface area contributed by atoms with Crippen molar-refractivity contribution in [1.29, 1.82) is 0 Å². The Bertz CT molecular complexity index is 402. The summed E-state index contributed by atoms with van der Waals surface area (Å²) >= 11 is 0. The predicted molar refractivity (Wildman–Crippen MR) is 66.7 cm³/mol. The van der Waals surface area contributed by atoms with Gasteiger partial charge in [0.05, 0.1) is 13.7 Å². The van der Waals surface area contributed by atoms with Gasteiger partial charge in [-0.1, -0.05) is 6.08 Å². The Hall–Kier alpha value is -1.97.